The van der Waals surface area contributed by atoms with Gasteiger partial charge in [-0.3, -0.25) is 19.9 Å². The van der Waals surface area contributed by atoms with E-state index in [0.717, 1.165) is 15.8 Å². The number of carbonyl (C=O) groups excluding carboxylic acids is 3. The Labute approximate surface area is 119 Å². The second-order valence-electron chi connectivity index (χ2n) is 4.63. The van der Waals surface area contributed by atoms with Gasteiger partial charge in [0.05, 0.1) is 11.2 Å². The molecule has 7 nitrogen and oxygen atoms in total. The van der Waals surface area contributed by atoms with Crippen LogP contribution >= 0.6 is 0 Å². The molecule has 0 atom stereocenters. The molecule has 0 aliphatic carbocycles. The van der Waals surface area contributed by atoms with Crippen LogP contribution in [0.5, 0.6) is 0 Å². The maximum absolute atomic E-state index is 12.0. The molecule has 0 radical (unpaired) electrons. The molecule has 1 fully saturated rings. The molecule has 3 rings (SSSR count). The van der Waals surface area contributed by atoms with Crippen molar-refractivity contribution in [3.63, 3.8) is 0 Å². The van der Waals surface area contributed by atoms with E-state index in [-0.39, 0.29) is 19.0 Å². The molecule has 2 aromatic rings. The molecule has 2 heterocycles. The van der Waals surface area contributed by atoms with Gasteiger partial charge in [0, 0.05) is 11.6 Å². The molecule has 1 saturated heterocycles. The Balaban J connectivity index is 1.75. The highest BCUT2D eigenvalue weighted by atomic mass is 16.2. The topological polar surface area (TPSA) is 91.4 Å². The van der Waals surface area contributed by atoms with E-state index in [4.69, 9.17) is 0 Å². The Morgan fingerprint density at radius 3 is 2.90 bits per heavy atom. The molecule has 0 unspecified atom stereocenters. The molecule has 1 aliphatic heterocycles. The maximum atomic E-state index is 12.0. The molecule has 0 bridgehead atoms. The summed E-state index contributed by atoms with van der Waals surface area (Å²) < 4.78 is 0. The number of urea groups is 1. The van der Waals surface area contributed by atoms with Crippen LogP contribution in [0.2, 0.25) is 0 Å². The number of amides is 4. The summed E-state index contributed by atoms with van der Waals surface area (Å²) in [5, 5.41) is 5.67. The lowest BCUT2D eigenvalue weighted by Gasteiger charge is -2.13. The summed E-state index contributed by atoms with van der Waals surface area (Å²) in [6, 6.07) is 8.48. The fourth-order valence-electron chi connectivity index (χ4n) is 2.19. The molecule has 0 saturated carbocycles. The average Bonchev–Trinajstić information content (AvgIpc) is 2.77. The number of nitrogens with one attached hydrogen (secondary N) is 2. The first-order valence-corrected chi connectivity index (χ1v) is 6.36. The number of carbonyl (C=O) groups is 3. The van der Waals surface area contributed by atoms with Crippen LogP contribution in [0.15, 0.2) is 36.5 Å². The Kier molecular flexibility index (Phi) is 3.23. The van der Waals surface area contributed by atoms with E-state index in [2.05, 4.69) is 15.6 Å². The third-order valence-electron chi connectivity index (χ3n) is 3.12. The fraction of sp³-hybridized carbons (Fsp3) is 0.143. The number of nitrogens with zero attached hydrogens (tertiary/aromatic N) is 2. The highest BCUT2D eigenvalue weighted by molar-refractivity contribution is 6.06. The minimum atomic E-state index is -0.547. The van der Waals surface area contributed by atoms with Gasteiger partial charge in [0.15, 0.2) is 0 Å². The lowest BCUT2D eigenvalue weighted by molar-refractivity contribution is -0.119. The van der Waals surface area contributed by atoms with E-state index in [1.54, 1.807) is 24.4 Å². The summed E-state index contributed by atoms with van der Waals surface area (Å²) in [6.07, 6.45) is 1.67. The largest absolute Gasteiger partial charge is 0.325 e. The first kappa shape index (κ1) is 13.0. The number of imide groups is 1. The Hall–Kier alpha value is -2.96. The highest BCUT2D eigenvalue weighted by Crippen LogP contribution is 2.21. The lowest BCUT2D eigenvalue weighted by Crippen LogP contribution is -2.35. The van der Waals surface area contributed by atoms with Crippen LogP contribution in [0.25, 0.3) is 10.9 Å². The van der Waals surface area contributed by atoms with Crippen LogP contribution in [0, 0.1) is 0 Å². The molecular formula is C14H12N4O3. The van der Waals surface area contributed by atoms with Crippen LogP contribution in [-0.4, -0.2) is 40.8 Å². The van der Waals surface area contributed by atoms with Gasteiger partial charge in [0.25, 0.3) is 0 Å². The van der Waals surface area contributed by atoms with Gasteiger partial charge in [-0.05, 0) is 24.3 Å². The number of aromatic nitrogens is 1. The van der Waals surface area contributed by atoms with Crippen molar-refractivity contribution in [3.8, 4) is 0 Å². The summed E-state index contributed by atoms with van der Waals surface area (Å²) in [5.41, 5.74) is 1.39. The molecule has 1 aromatic heterocycles. The molecule has 2 N–H and O–H groups in total. The molecule has 1 aliphatic rings. The first-order chi connectivity index (χ1) is 10.1. The summed E-state index contributed by atoms with van der Waals surface area (Å²) in [4.78, 5) is 39.8. The molecular weight excluding hydrogens is 272 g/mol. The fourth-order valence-corrected chi connectivity index (χ4v) is 2.19. The van der Waals surface area contributed by atoms with E-state index in [1.807, 2.05) is 12.1 Å². The van der Waals surface area contributed by atoms with Crippen molar-refractivity contribution in [1.29, 1.82) is 0 Å². The minimum absolute atomic E-state index is 0.0939. The maximum Gasteiger partial charge on any atom is 0.325 e. The van der Waals surface area contributed by atoms with Crippen molar-refractivity contribution in [2.75, 3.05) is 18.4 Å². The van der Waals surface area contributed by atoms with Gasteiger partial charge in [-0.15, -0.1) is 0 Å². The quantitative estimate of drug-likeness (QED) is 0.813. The van der Waals surface area contributed by atoms with Gasteiger partial charge in [0.2, 0.25) is 11.8 Å². The summed E-state index contributed by atoms with van der Waals surface area (Å²) in [6.45, 7) is -0.266. The van der Waals surface area contributed by atoms with Crippen molar-refractivity contribution in [2.45, 2.75) is 0 Å². The lowest BCUT2D eigenvalue weighted by atomic mass is 10.2. The van der Waals surface area contributed by atoms with Crippen molar-refractivity contribution < 1.29 is 14.4 Å². The van der Waals surface area contributed by atoms with Gasteiger partial charge in [0.1, 0.15) is 13.1 Å². The zero-order chi connectivity index (χ0) is 14.8. The number of pyridine rings is 1. The smallest absolute Gasteiger partial charge is 0.324 e. The summed E-state index contributed by atoms with van der Waals surface area (Å²) in [7, 11) is 0. The standard InChI is InChI=1S/C14H12N4O3/c19-12(7-18-8-13(20)17-14(18)21)16-11-5-1-4-10-9(11)3-2-6-15-10/h1-6H,7-8H2,(H,16,19)(H,17,20,21). The van der Waals surface area contributed by atoms with Crippen molar-refractivity contribution in [2.24, 2.45) is 0 Å². The van der Waals surface area contributed by atoms with Crippen LogP contribution in [0.1, 0.15) is 0 Å². The van der Waals surface area contributed by atoms with Gasteiger partial charge in [-0.1, -0.05) is 6.07 Å². The van der Waals surface area contributed by atoms with Crippen molar-refractivity contribution in [3.05, 3.63) is 36.5 Å². The normalized spacial score (nSPS) is 14.4. The van der Waals surface area contributed by atoms with E-state index in [0.29, 0.717) is 5.69 Å². The third kappa shape index (κ3) is 2.66. The zero-order valence-electron chi connectivity index (χ0n) is 11.0. The van der Waals surface area contributed by atoms with Crippen molar-refractivity contribution >= 4 is 34.4 Å². The SMILES string of the molecule is O=C1CN(CC(=O)Nc2cccc3ncccc23)C(=O)N1. The molecule has 21 heavy (non-hydrogen) atoms. The van der Waals surface area contributed by atoms with E-state index in [1.165, 1.54) is 0 Å². The van der Waals surface area contributed by atoms with Crippen molar-refractivity contribution in [1.82, 2.24) is 15.2 Å². The second kappa shape index (κ2) is 5.20. The number of hydrogen-bond donors (Lipinski definition) is 2. The number of rotatable bonds is 3. The molecule has 4 amide bonds. The summed E-state index contributed by atoms with van der Waals surface area (Å²) >= 11 is 0. The van der Waals surface area contributed by atoms with Crippen LogP contribution in [0.3, 0.4) is 0 Å². The van der Waals surface area contributed by atoms with E-state index in [9.17, 15) is 14.4 Å². The Morgan fingerprint density at radius 1 is 1.29 bits per heavy atom. The number of benzene rings is 1. The molecule has 1 aromatic carbocycles. The number of fused-ring (bicyclic) bond motifs is 1. The number of anilines is 1. The Bertz CT molecular complexity index is 739. The molecule has 106 valence electrons. The predicted molar refractivity (Wildman–Crippen MR) is 75.5 cm³/mol. The van der Waals surface area contributed by atoms with E-state index >= 15 is 0 Å². The molecule has 0 spiro atoms. The third-order valence-corrected chi connectivity index (χ3v) is 3.12. The van der Waals surface area contributed by atoms with Gasteiger partial charge < -0.3 is 10.2 Å². The summed E-state index contributed by atoms with van der Waals surface area (Å²) in [5.74, 6) is -0.765. The zero-order valence-corrected chi connectivity index (χ0v) is 11.0. The average molecular weight is 284 g/mol. The highest BCUT2D eigenvalue weighted by Gasteiger charge is 2.28. The minimum Gasteiger partial charge on any atom is -0.324 e. The van der Waals surface area contributed by atoms with Gasteiger partial charge in [-0.2, -0.15) is 0 Å². The van der Waals surface area contributed by atoms with Crippen LogP contribution in [0.4, 0.5) is 10.5 Å². The van der Waals surface area contributed by atoms with E-state index < -0.39 is 11.9 Å². The first-order valence-electron chi connectivity index (χ1n) is 6.36. The number of hydrogen-bond acceptors (Lipinski definition) is 4. The predicted octanol–water partition coefficient (Wildman–Crippen LogP) is 0.725. The van der Waals surface area contributed by atoms with Crippen LogP contribution in [-0.2, 0) is 9.59 Å². The van der Waals surface area contributed by atoms with Crippen LogP contribution < -0.4 is 10.6 Å². The van der Waals surface area contributed by atoms with Gasteiger partial charge >= 0.3 is 6.03 Å². The monoisotopic (exact) mass is 284 g/mol. The molecule has 7 heteroatoms. The van der Waals surface area contributed by atoms with Gasteiger partial charge in [-0.25, -0.2) is 4.79 Å². The second-order valence-corrected chi connectivity index (χ2v) is 4.63. The Morgan fingerprint density at radius 2 is 2.14 bits per heavy atom.